The van der Waals surface area contributed by atoms with E-state index in [1.165, 1.54) is 19.3 Å². The second-order valence-electron chi connectivity index (χ2n) is 6.23. The maximum Gasteiger partial charge on any atom is 0.272 e. The number of hydrogen-bond acceptors (Lipinski definition) is 3. The van der Waals surface area contributed by atoms with Crippen molar-refractivity contribution in [2.45, 2.75) is 53.0 Å². The molecule has 2 rings (SSSR count). The van der Waals surface area contributed by atoms with Crippen LogP contribution in [0.1, 0.15) is 44.2 Å². The summed E-state index contributed by atoms with van der Waals surface area (Å²) in [7, 11) is 0. The van der Waals surface area contributed by atoms with Crippen molar-refractivity contribution >= 4 is 11.4 Å². The van der Waals surface area contributed by atoms with Crippen molar-refractivity contribution in [3.05, 3.63) is 33.4 Å². The van der Waals surface area contributed by atoms with E-state index in [-0.39, 0.29) is 10.6 Å². The predicted molar refractivity (Wildman–Crippen MR) is 82.2 cm³/mol. The third-order valence-electron chi connectivity index (χ3n) is 4.79. The van der Waals surface area contributed by atoms with Crippen molar-refractivity contribution in [2.24, 2.45) is 11.8 Å². The van der Waals surface area contributed by atoms with Gasteiger partial charge in [0.05, 0.1) is 4.92 Å². The molecule has 0 radical (unpaired) electrons. The molecule has 0 aliphatic heterocycles. The van der Waals surface area contributed by atoms with Crippen molar-refractivity contribution in [1.29, 1.82) is 0 Å². The second-order valence-corrected chi connectivity index (χ2v) is 6.23. The maximum atomic E-state index is 11.0. The van der Waals surface area contributed by atoms with Crippen LogP contribution in [0.3, 0.4) is 0 Å². The van der Waals surface area contributed by atoms with E-state index in [1.54, 1.807) is 13.0 Å². The highest BCUT2D eigenvalue weighted by molar-refractivity contribution is 5.59. The lowest BCUT2D eigenvalue weighted by atomic mass is 9.78. The van der Waals surface area contributed by atoms with E-state index < -0.39 is 0 Å². The molecule has 1 aliphatic rings. The first-order valence-corrected chi connectivity index (χ1v) is 7.42. The number of nitro groups is 1. The summed E-state index contributed by atoms with van der Waals surface area (Å²) in [6, 6.07) is 4.06. The number of aryl methyl sites for hydroxylation is 2. The molecule has 4 heteroatoms. The summed E-state index contributed by atoms with van der Waals surface area (Å²) < 4.78 is 0. The van der Waals surface area contributed by atoms with Crippen molar-refractivity contribution in [3.63, 3.8) is 0 Å². The van der Waals surface area contributed by atoms with Gasteiger partial charge in [-0.15, -0.1) is 0 Å². The minimum absolute atomic E-state index is 0.207. The molecular weight excluding hydrogens is 252 g/mol. The van der Waals surface area contributed by atoms with Crippen LogP contribution in [-0.2, 0) is 0 Å². The Labute approximate surface area is 120 Å². The summed E-state index contributed by atoms with van der Waals surface area (Å²) in [5.74, 6) is 1.37. The van der Waals surface area contributed by atoms with Crippen LogP contribution >= 0.6 is 0 Å². The maximum absolute atomic E-state index is 11.0. The monoisotopic (exact) mass is 276 g/mol. The molecule has 0 aromatic heterocycles. The molecule has 1 aromatic carbocycles. The average molecular weight is 276 g/mol. The van der Waals surface area contributed by atoms with Gasteiger partial charge in [0.15, 0.2) is 0 Å². The smallest absolute Gasteiger partial charge is 0.272 e. The zero-order valence-electron chi connectivity index (χ0n) is 12.8. The van der Waals surface area contributed by atoms with Crippen molar-refractivity contribution < 1.29 is 4.92 Å². The van der Waals surface area contributed by atoms with Crippen molar-refractivity contribution in [2.75, 3.05) is 5.32 Å². The molecule has 1 fully saturated rings. The Kier molecular flexibility index (Phi) is 4.31. The normalized spacial score (nSPS) is 26.3. The SMILES string of the molecule is Cc1cc([N+](=O)[O-])c(C)cc1NC1CCCC(C)C1C. The van der Waals surface area contributed by atoms with Gasteiger partial charge in [0.1, 0.15) is 0 Å². The number of nitrogens with one attached hydrogen (secondary N) is 1. The molecule has 110 valence electrons. The molecule has 1 aliphatic carbocycles. The van der Waals surface area contributed by atoms with Gasteiger partial charge in [-0.1, -0.05) is 26.7 Å². The highest BCUT2D eigenvalue weighted by Gasteiger charge is 2.27. The van der Waals surface area contributed by atoms with Crippen molar-refractivity contribution in [1.82, 2.24) is 0 Å². The van der Waals surface area contributed by atoms with E-state index >= 15 is 0 Å². The van der Waals surface area contributed by atoms with E-state index in [4.69, 9.17) is 0 Å². The third-order valence-corrected chi connectivity index (χ3v) is 4.79. The Balaban J connectivity index is 2.21. The van der Waals surface area contributed by atoms with Crippen LogP contribution in [0, 0.1) is 35.8 Å². The van der Waals surface area contributed by atoms with Gasteiger partial charge in [0.25, 0.3) is 5.69 Å². The van der Waals surface area contributed by atoms with Gasteiger partial charge in [0, 0.05) is 23.4 Å². The molecular formula is C16H24N2O2. The zero-order chi connectivity index (χ0) is 14.9. The number of benzene rings is 1. The van der Waals surface area contributed by atoms with Crippen LogP contribution in [-0.4, -0.2) is 11.0 Å². The first-order chi connectivity index (χ1) is 9.40. The quantitative estimate of drug-likeness (QED) is 0.655. The summed E-state index contributed by atoms with van der Waals surface area (Å²) >= 11 is 0. The van der Waals surface area contributed by atoms with E-state index in [0.717, 1.165) is 22.7 Å². The van der Waals surface area contributed by atoms with Crippen LogP contribution in [0.4, 0.5) is 11.4 Å². The number of anilines is 1. The molecule has 1 N–H and O–H groups in total. The van der Waals surface area contributed by atoms with Gasteiger partial charge in [0.2, 0.25) is 0 Å². The fourth-order valence-corrected chi connectivity index (χ4v) is 3.14. The van der Waals surface area contributed by atoms with E-state index in [1.807, 2.05) is 13.0 Å². The molecule has 3 unspecified atom stereocenters. The van der Waals surface area contributed by atoms with Gasteiger partial charge in [-0.2, -0.15) is 0 Å². The number of nitro benzene ring substituents is 1. The van der Waals surface area contributed by atoms with Gasteiger partial charge in [-0.25, -0.2) is 0 Å². The van der Waals surface area contributed by atoms with E-state index in [0.29, 0.717) is 12.0 Å². The van der Waals surface area contributed by atoms with Crippen LogP contribution in [0.2, 0.25) is 0 Å². The molecule has 0 saturated heterocycles. The van der Waals surface area contributed by atoms with Crippen molar-refractivity contribution in [3.8, 4) is 0 Å². The molecule has 4 nitrogen and oxygen atoms in total. The van der Waals surface area contributed by atoms with E-state index in [9.17, 15) is 10.1 Å². The summed E-state index contributed by atoms with van der Waals surface area (Å²) in [5, 5.41) is 14.6. The molecule has 1 aromatic rings. The molecule has 3 atom stereocenters. The Morgan fingerprint density at radius 1 is 1.20 bits per heavy atom. The lowest BCUT2D eigenvalue weighted by Gasteiger charge is -2.35. The Bertz CT molecular complexity index is 513. The minimum Gasteiger partial charge on any atom is -0.382 e. The average Bonchev–Trinajstić information content (AvgIpc) is 2.38. The van der Waals surface area contributed by atoms with Crippen LogP contribution in [0.5, 0.6) is 0 Å². The van der Waals surface area contributed by atoms with Crippen LogP contribution < -0.4 is 5.32 Å². The lowest BCUT2D eigenvalue weighted by molar-refractivity contribution is -0.385. The topological polar surface area (TPSA) is 55.2 Å². The zero-order valence-corrected chi connectivity index (χ0v) is 12.8. The Hall–Kier alpha value is -1.58. The standard InChI is InChI=1S/C16H24N2O2/c1-10-6-5-7-14(13(10)4)17-15-8-12(3)16(18(19)20)9-11(15)2/h8-10,13-14,17H,5-7H2,1-4H3. The highest BCUT2D eigenvalue weighted by atomic mass is 16.6. The van der Waals surface area contributed by atoms with Gasteiger partial charge < -0.3 is 5.32 Å². The molecule has 20 heavy (non-hydrogen) atoms. The van der Waals surface area contributed by atoms with Gasteiger partial charge in [-0.05, 0) is 43.7 Å². The Morgan fingerprint density at radius 2 is 1.90 bits per heavy atom. The predicted octanol–water partition coefficient (Wildman–Crippen LogP) is 4.45. The fourth-order valence-electron chi connectivity index (χ4n) is 3.14. The molecule has 0 spiro atoms. The largest absolute Gasteiger partial charge is 0.382 e. The minimum atomic E-state index is -0.308. The number of rotatable bonds is 3. The molecule has 1 saturated carbocycles. The van der Waals surface area contributed by atoms with Crippen LogP contribution in [0.25, 0.3) is 0 Å². The van der Waals surface area contributed by atoms with E-state index in [2.05, 4.69) is 19.2 Å². The second kappa shape index (κ2) is 5.81. The molecule has 0 amide bonds. The van der Waals surface area contributed by atoms with Crippen LogP contribution in [0.15, 0.2) is 12.1 Å². The Morgan fingerprint density at radius 3 is 2.55 bits per heavy atom. The summed E-state index contributed by atoms with van der Waals surface area (Å²) in [5.41, 5.74) is 2.92. The molecule has 0 heterocycles. The number of hydrogen-bond donors (Lipinski definition) is 1. The first-order valence-electron chi connectivity index (χ1n) is 7.42. The third kappa shape index (κ3) is 2.94. The summed E-state index contributed by atoms with van der Waals surface area (Å²) in [6.07, 6.45) is 3.74. The summed E-state index contributed by atoms with van der Waals surface area (Å²) in [6.45, 7) is 8.35. The number of nitrogens with zero attached hydrogens (tertiary/aromatic N) is 1. The fraction of sp³-hybridized carbons (Fsp3) is 0.625. The highest BCUT2D eigenvalue weighted by Crippen LogP contribution is 2.33. The first kappa shape index (κ1) is 14.8. The van der Waals surface area contributed by atoms with Gasteiger partial charge in [-0.3, -0.25) is 10.1 Å². The lowest BCUT2D eigenvalue weighted by Crippen LogP contribution is -2.35. The molecule has 0 bridgehead atoms. The summed E-state index contributed by atoms with van der Waals surface area (Å²) in [4.78, 5) is 10.6. The van der Waals surface area contributed by atoms with Gasteiger partial charge >= 0.3 is 0 Å².